The second-order valence-corrected chi connectivity index (χ2v) is 6.37. The maximum absolute atomic E-state index is 12.9. The van der Waals surface area contributed by atoms with Crippen LogP contribution < -0.4 is 5.32 Å². The van der Waals surface area contributed by atoms with E-state index in [4.69, 9.17) is 0 Å². The molecule has 1 aromatic carbocycles. The van der Waals surface area contributed by atoms with Crippen LogP contribution in [0.2, 0.25) is 0 Å². The number of halogens is 1. The van der Waals surface area contributed by atoms with Gasteiger partial charge in [-0.05, 0) is 50.4 Å². The topological polar surface area (TPSA) is 32.3 Å². The zero-order chi connectivity index (χ0) is 14.5. The molecule has 0 bridgehead atoms. The third-order valence-corrected chi connectivity index (χ3v) is 4.36. The average Bonchev–Trinajstić information content (AvgIpc) is 2.47. The number of rotatable bonds is 4. The lowest BCUT2D eigenvalue weighted by Crippen LogP contribution is -2.49. The second kappa shape index (κ2) is 7.23. The lowest BCUT2D eigenvalue weighted by Gasteiger charge is -2.35. The fourth-order valence-corrected chi connectivity index (χ4v) is 3.13. The third-order valence-electron chi connectivity index (χ3n) is 3.87. The van der Waals surface area contributed by atoms with E-state index in [0.717, 1.165) is 54.5 Å². The van der Waals surface area contributed by atoms with Crippen LogP contribution in [0.5, 0.6) is 0 Å². The number of nitrogens with zero attached hydrogens (tertiary/aromatic N) is 1. The Morgan fingerprint density at radius 3 is 2.95 bits per heavy atom. The number of hydrogen-bond donors (Lipinski definition) is 1. The van der Waals surface area contributed by atoms with E-state index >= 15 is 0 Å². The highest BCUT2D eigenvalue weighted by molar-refractivity contribution is 9.10. The standard InChI is InChI=1S/C16H23BrN2O/c1-3-9-19(14-5-4-8-18-11-14)16(20)15-10-13(17)7-6-12(15)2/h6-7,10,14,18H,3-5,8-9,11H2,1-2H3. The van der Waals surface area contributed by atoms with E-state index in [-0.39, 0.29) is 5.91 Å². The lowest BCUT2D eigenvalue weighted by molar-refractivity contribution is 0.0648. The van der Waals surface area contributed by atoms with Crippen molar-refractivity contribution in [3.63, 3.8) is 0 Å². The van der Waals surface area contributed by atoms with Gasteiger partial charge in [-0.2, -0.15) is 0 Å². The Balaban J connectivity index is 2.23. The van der Waals surface area contributed by atoms with Gasteiger partial charge >= 0.3 is 0 Å². The molecule has 1 fully saturated rings. The summed E-state index contributed by atoms with van der Waals surface area (Å²) in [4.78, 5) is 14.9. The van der Waals surface area contributed by atoms with Gasteiger partial charge in [0.1, 0.15) is 0 Å². The lowest BCUT2D eigenvalue weighted by atomic mass is 10.0. The summed E-state index contributed by atoms with van der Waals surface area (Å²) in [5.41, 5.74) is 1.86. The van der Waals surface area contributed by atoms with Crippen molar-refractivity contribution in [2.75, 3.05) is 19.6 Å². The molecule has 0 spiro atoms. The predicted molar refractivity (Wildman–Crippen MR) is 86.1 cm³/mol. The number of carbonyl (C=O) groups excluding carboxylic acids is 1. The molecule has 2 rings (SSSR count). The number of amides is 1. The fourth-order valence-electron chi connectivity index (χ4n) is 2.77. The molecule has 110 valence electrons. The Morgan fingerprint density at radius 2 is 2.30 bits per heavy atom. The summed E-state index contributed by atoms with van der Waals surface area (Å²) in [7, 11) is 0. The maximum Gasteiger partial charge on any atom is 0.254 e. The van der Waals surface area contributed by atoms with Crippen LogP contribution in [0, 0.1) is 6.92 Å². The van der Waals surface area contributed by atoms with Crippen molar-refractivity contribution in [2.45, 2.75) is 39.2 Å². The first kappa shape index (κ1) is 15.5. The quantitative estimate of drug-likeness (QED) is 0.912. The van der Waals surface area contributed by atoms with Crippen molar-refractivity contribution in [3.05, 3.63) is 33.8 Å². The minimum Gasteiger partial charge on any atom is -0.334 e. The minimum atomic E-state index is 0.166. The van der Waals surface area contributed by atoms with Crippen molar-refractivity contribution < 1.29 is 4.79 Å². The van der Waals surface area contributed by atoms with E-state index < -0.39 is 0 Å². The van der Waals surface area contributed by atoms with Crippen LogP contribution in [0.3, 0.4) is 0 Å². The van der Waals surface area contributed by atoms with Gasteiger partial charge in [-0.15, -0.1) is 0 Å². The van der Waals surface area contributed by atoms with Crippen molar-refractivity contribution in [3.8, 4) is 0 Å². The first-order valence-electron chi connectivity index (χ1n) is 7.41. The van der Waals surface area contributed by atoms with Crippen LogP contribution in [0.25, 0.3) is 0 Å². The molecule has 4 heteroatoms. The molecular formula is C16H23BrN2O. The molecule has 1 atom stereocenters. The number of piperidine rings is 1. The van der Waals surface area contributed by atoms with E-state index in [1.807, 2.05) is 25.1 Å². The molecule has 0 radical (unpaired) electrons. The molecule has 20 heavy (non-hydrogen) atoms. The summed E-state index contributed by atoms with van der Waals surface area (Å²) in [5, 5.41) is 3.40. The van der Waals surface area contributed by atoms with E-state index in [1.54, 1.807) is 0 Å². The van der Waals surface area contributed by atoms with Crippen LogP contribution in [0.1, 0.15) is 42.1 Å². The molecule has 1 aromatic rings. The van der Waals surface area contributed by atoms with Gasteiger partial charge in [0.25, 0.3) is 5.91 Å². The molecule has 1 aliphatic rings. The van der Waals surface area contributed by atoms with E-state index in [2.05, 4.69) is 33.1 Å². The zero-order valence-electron chi connectivity index (χ0n) is 12.3. The summed E-state index contributed by atoms with van der Waals surface area (Å²) >= 11 is 3.47. The SMILES string of the molecule is CCCN(C(=O)c1cc(Br)ccc1C)C1CCCNC1. The monoisotopic (exact) mass is 338 g/mol. The van der Waals surface area contributed by atoms with E-state index in [1.165, 1.54) is 0 Å². The molecular weight excluding hydrogens is 316 g/mol. The predicted octanol–water partition coefficient (Wildman–Crippen LogP) is 3.36. The maximum atomic E-state index is 12.9. The Bertz CT molecular complexity index is 470. The number of carbonyl (C=O) groups is 1. The second-order valence-electron chi connectivity index (χ2n) is 5.46. The van der Waals surface area contributed by atoms with Gasteiger partial charge in [-0.1, -0.05) is 28.9 Å². The normalized spacial score (nSPS) is 18.9. The van der Waals surface area contributed by atoms with Crippen molar-refractivity contribution in [1.82, 2.24) is 10.2 Å². The molecule has 1 saturated heterocycles. The minimum absolute atomic E-state index is 0.166. The van der Waals surface area contributed by atoms with Gasteiger partial charge in [0.05, 0.1) is 0 Å². The summed E-state index contributed by atoms with van der Waals surface area (Å²) < 4.78 is 0.963. The molecule has 1 unspecified atom stereocenters. The number of benzene rings is 1. The average molecular weight is 339 g/mol. The van der Waals surface area contributed by atoms with Gasteiger partial charge in [-0.3, -0.25) is 4.79 Å². The molecule has 0 saturated carbocycles. The molecule has 1 amide bonds. The summed E-state index contributed by atoms with van der Waals surface area (Å²) in [6.07, 6.45) is 3.25. The van der Waals surface area contributed by atoms with E-state index in [0.29, 0.717) is 6.04 Å². The molecule has 1 N–H and O–H groups in total. The Labute approximate surface area is 129 Å². The van der Waals surface area contributed by atoms with Crippen LogP contribution >= 0.6 is 15.9 Å². The molecule has 0 aliphatic carbocycles. The molecule has 1 aliphatic heterocycles. The first-order valence-corrected chi connectivity index (χ1v) is 8.20. The Kier molecular flexibility index (Phi) is 5.61. The summed E-state index contributed by atoms with van der Waals surface area (Å²) in [6, 6.07) is 6.25. The van der Waals surface area contributed by atoms with Crippen LogP contribution in [0.15, 0.2) is 22.7 Å². The van der Waals surface area contributed by atoms with Crippen LogP contribution in [0.4, 0.5) is 0 Å². The Hall–Kier alpha value is -0.870. The number of nitrogens with one attached hydrogen (secondary N) is 1. The molecule has 1 heterocycles. The smallest absolute Gasteiger partial charge is 0.254 e. The van der Waals surface area contributed by atoms with Gasteiger partial charge in [0.15, 0.2) is 0 Å². The number of aryl methyl sites for hydroxylation is 1. The first-order chi connectivity index (χ1) is 9.63. The summed E-state index contributed by atoms with van der Waals surface area (Å²) in [6.45, 7) is 6.95. The highest BCUT2D eigenvalue weighted by atomic mass is 79.9. The molecule has 3 nitrogen and oxygen atoms in total. The Morgan fingerprint density at radius 1 is 1.50 bits per heavy atom. The van der Waals surface area contributed by atoms with Crippen LogP contribution in [-0.4, -0.2) is 36.5 Å². The van der Waals surface area contributed by atoms with Gasteiger partial charge in [0.2, 0.25) is 0 Å². The number of hydrogen-bond acceptors (Lipinski definition) is 2. The van der Waals surface area contributed by atoms with Crippen molar-refractivity contribution in [1.29, 1.82) is 0 Å². The van der Waals surface area contributed by atoms with Crippen molar-refractivity contribution >= 4 is 21.8 Å². The highest BCUT2D eigenvalue weighted by Gasteiger charge is 2.26. The summed E-state index contributed by atoms with van der Waals surface area (Å²) in [5.74, 6) is 0.166. The van der Waals surface area contributed by atoms with Crippen molar-refractivity contribution in [2.24, 2.45) is 0 Å². The van der Waals surface area contributed by atoms with Crippen LogP contribution in [-0.2, 0) is 0 Å². The highest BCUT2D eigenvalue weighted by Crippen LogP contribution is 2.20. The van der Waals surface area contributed by atoms with Gasteiger partial charge in [0, 0.05) is 29.2 Å². The largest absolute Gasteiger partial charge is 0.334 e. The zero-order valence-corrected chi connectivity index (χ0v) is 13.9. The molecule has 0 aromatic heterocycles. The third kappa shape index (κ3) is 3.61. The van der Waals surface area contributed by atoms with Gasteiger partial charge in [-0.25, -0.2) is 0 Å². The fraction of sp³-hybridized carbons (Fsp3) is 0.562. The van der Waals surface area contributed by atoms with E-state index in [9.17, 15) is 4.79 Å². The van der Waals surface area contributed by atoms with Gasteiger partial charge < -0.3 is 10.2 Å².